The van der Waals surface area contributed by atoms with Crippen LogP contribution in [0.3, 0.4) is 0 Å². The van der Waals surface area contributed by atoms with Crippen LogP contribution in [-0.2, 0) is 0 Å². The van der Waals surface area contributed by atoms with Gasteiger partial charge in [0.15, 0.2) is 6.29 Å². The molecule has 0 aliphatic heterocycles. The van der Waals surface area contributed by atoms with Crippen molar-refractivity contribution >= 4 is 22.2 Å². The van der Waals surface area contributed by atoms with Crippen LogP contribution in [0.25, 0.3) is 0 Å². The second kappa shape index (κ2) is 4.18. The normalized spacial score (nSPS) is 9.46. The van der Waals surface area contributed by atoms with Crippen molar-refractivity contribution < 1.29 is 14.3 Å². The lowest BCUT2D eigenvalue weighted by Gasteiger charge is -2.05. The Morgan fingerprint density at radius 2 is 1.77 bits per heavy atom. The van der Waals surface area contributed by atoms with Crippen LogP contribution < -0.4 is 9.47 Å². The minimum atomic E-state index is 0.178. The second-order valence-electron chi connectivity index (χ2n) is 2.04. The Kier molecular flexibility index (Phi) is 3.18. The molecule has 0 unspecified atom stereocenters. The monoisotopic (exact) mass is 246 g/mol. The topological polar surface area (TPSA) is 61.3 Å². The lowest BCUT2D eigenvalue weighted by Crippen LogP contribution is -2.00. The lowest BCUT2D eigenvalue weighted by atomic mass is 10.5. The van der Waals surface area contributed by atoms with Gasteiger partial charge < -0.3 is 9.47 Å². The number of halogens is 1. The van der Waals surface area contributed by atoms with Gasteiger partial charge >= 0.3 is 0 Å². The third-order valence-electron chi connectivity index (χ3n) is 1.31. The largest absolute Gasteiger partial charge is 0.477 e. The fraction of sp³-hybridized carbons (Fsp3) is 0.286. The summed E-state index contributed by atoms with van der Waals surface area (Å²) in [5.74, 6) is 0.424. The SMILES string of the molecule is COc1nc(Br)c(C=O)nc1OC. The highest BCUT2D eigenvalue weighted by atomic mass is 79.9. The number of hydrogen-bond donors (Lipinski definition) is 0. The first-order valence-corrected chi connectivity index (χ1v) is 4.13. The fourth-order valence-electron chi connectivity index (χ4n) is 0.738. The highest BCUT2D eigenvalue weighted by Crippen LogP contribution is 2.24. The molecule has 1 aromatic rings. The van der Waals surface area contributed by atoms with E-state index in [2.05, 4.69) is 25.9 Å². The smallest absolute Gasteiger partial charge is 0.278 e. The Labute approximate surface area is 83.2 Å². The molecule has 0 saturated carbocycles. The van der Waals surface area contributed by atoms with Crippen molar-refractivity contribution in [1.29, 1.82) is 0 Å². The zero-order valence-electron chi connectivity index (χ0n) is 7.07. The molecular weight excluding hydrogens is 240 g/mol. The summed E-state index contributed by atoms with van der Waals surface area (Å²) in [6.07, 6.45) is 0.582. The van der Waals surface area contributed by atoms with Crippen molar-refractivity contribution in [3.05, 3.63) is 10.3 Å². The summed E-state index contributed by atoms with van der Waals surface area (Å²) >= 11 is 3.07. The molecule has 0 atom stereocenters. The van der Waals surface area contributed by atoms with E-state index in [9.17, 15) is 4.79 Å². The third-order valence-corrected chi connectivity index (χ3v) is 1.90. The molecule has 0 aromatic carbocycles. The average molecular weight is 247 g/mol. The molecule has 0 bridgehead atoms. The zero-order valence-corrected chi connectivity index (χ0v) is 8.66. The van der Waals surface area contributed by atoms with E-state index in [0.717, 1.165) is 0 Å². The fourth-order valence-corrected chi connectivity index (χ4v) is 1.08. The minimum Gasteiger partial charge on any atom is -0.477 e. The molecule has 13 heavy (non-hydrogen) atoms. The van der Waals surface area contributed by atoms with Crippen LogP contribution in [-0.4, -0.2) is 30.5 Å². The van der Waals surface area contributed by atoms with Crippen LogP contribution in [0.5, 0.6) is 11.8 Å². The maximum absolute atomic E-state index is 10.5. The van der Waals surface area contributed by atoms with Crippen molar-refractivity contribution in [2.75, 3.05) is 14.2 Å². The number of methoxy groups -OCH3 is 2. The molecule has 0 N–H and O–H groups in total. The standard InChI is InChI=1S/C7H7BrN2O3/c1-12-6-7(13-2)10-5(8)4(3-11)9-6/h3H,1-2H3. The Morgan fingerprint density at radius 3 is 2.23 bits per heavy atom. The molecule has 0 saturated heterocycles. The number of carbonyl (C=O) groups is 1. The minimum absolute atomic E-state index is 0.178. The Balaban J connectivity index is 3.26. The summed E-state index contributed by atoms with van der Waals surface area (Å²) in [5.41, 5.74) is 0.178. The predicted octanol–water partition coefficient (Wildman–Crippen LogP) is 1.07. The molecule has 6 heteroatoms. The Hall–Kier alpha value is -1.17. The van der Waals surface area contributed by atoms with Crippen molar-refractivity contribution in [3.63, 3.8) is 0 Å². The van der Waals surface area contributed by atoms with Crippen LogP contribution in [0, 0.1) is 0 Å². The average Bonchev–Trinajstić information content (AvgIpc) is 2.17. The van der Waals surface area contributed by atoms with Gasteiger partial charge in [-0.2, -0.15) is 4.98 Å². The summed E-state index contributed by atoms with van der Waals surface area (Å²) in [4.78, 5) is 18.2. The van der Waals surface area contributed by atoms with Crippen LogP contribution in [0.1, 0.15) is 10.5 Å². The number of hydrogen-bond acceptors (Lipinski definition) is 5. The number of rotatable bonds is 3. The first-order chi connectivity index (χ1) is 6.22. The second-order valence-corrected chi connectivity index (χ2v) is 2.79. The van der Waals surface area contributed by atoms with E-state index < -0.39 is 0 Å². The molecule has 0 amide bonds. The van der Waals surface area contributed by atoms with Gasteiger partial charge in [-0.1, -0.05) is 0 Å². The van der Waals surface area contributed by atoms with Crippen LogP contribution in [0.15, 0.2) is 4.60 Å². The Bertz CT molecular complexity index is 330. The molecule has 0 aliphatic carbocycles. The molecule has 1 heterocycles. The highest BCUT2D eigenvalue weighted by Gasteiger charge is 2.12. The van der Waals surface area contributed by atoms with Gasteiger partial charge in [0.25, 0.3) is 11.8 Å². The quantitative estimate of drug-likeness (QED) is 0.747. The van der Waals surface area contributed by atoms with Gasteiger partial charge in [0.2, 0.25) is 0 Å². The van der Waals surface area contributed by atoms with E-state index in [-0.39, 0.29) is 17.5 Å². The van der Waals surface area contributed by atoms with E-state index in [1.54, 1.807) is 0 Å². The summed E-state index contributed by atoms with van der Waals surface area (Å²) in [5, 5.41) is 0. The summed E-state index contributed by atoms with van der Waals surface area (Å²) < 4.78 is 10.1. The van der Waals surface area contributed by atoms with E-state index >= 15 is 0 Å². The van der Waals surface area contributed by atoms with Gasteiger partial charge in [-0.05, 0) is 15.9 Å². The predicted molar refractivity (Wildman–Crippen MR) is 48.2 cm³/mol. The number of nitrogens with zero attached hydrogens (tertiary/aromatic N) is 2. The zero-order chi connectivity index (χ0) is 9.84. The molecule has 1 rings (SSSR count). The van der Waals surface area contributed by atoms with E-state index in [0.29, 0.717) is 10.9 Å². The first kappa shape index (κ1) is 9.91. The number of carbonyl (C=O) groups excluding carboxylic acids is 1. The van der Waals surface area contributed by atoms with Gasteiger partial charge in [-0.25, -0.2) is 4.98 Å². The maximum Gasteiger partial charge on any atom is 0.278 e. The van der Waals surface area contributed by atoms with Gasteiger partial charge in [0, 0.05) is 0 Å². The van der Waals surface area contributed by atoms with Crippen molar-refractivity contribution in [2.24, 2.45) is 0 Å². The number of aldehydes is 1. The molecule has 0 radical (unpaired) electrons. The maximum atomic E-state index is 10.5. The van der Waals surface area contributed by atoms with Crippen LogP contribution >= 0.6 is 15.9 Å². The molecule has 0 fully saturated rings. The molecule has 0 spiro atoms. The van der Waals surface area contributed by atoms with Crippen molar-refractivity contribution in [1.82, 2.24) is 9.97 Å². The van der Waals surface area contributed by atoms with Gasteiger partial charge in [-0.15, -0.1) is 0 Å². The summed E-state index contributed by atoms with van der Waals surface area (Å²) in [6.45, 7) is 0. The molecule has 5 nitrogen and oxygen atoms in total. The summed E-state index contributed by atoms with van der Waals surface area (Å²) in [7, 11) is 2.87. The van der Waals surface area contributed by atoms with Crippen molar-refractivity contribution in [2.45, 2.75) is 0 Å². The van der Waals surface area contributed by atoms with E-state index in [4.69, 9.17) is 9.47 Å². The lowest BCUT2D eigenvalue weighted by molar-refractivity contribution is 0.111. The third kappa shape index (κ3) is 1.95. The molecule has 70 valence electrons. The van der Waals surface area contributed by atoms with Crippen molar-refractivity contribution in [3.8, 4) is 11.8 Å². The Morgan fingerprint density at radius 1 is 1.23 bits per heavy atom. The van der Waals surface area contributed by atoms with Crippen LogP contribution in [0.2, 0.25) is 0 Å². The van der Waals surface area contributed by atoms with Crippen LogP contribution in [0.4, 0.5) is 0 Å². The highest BCUT2D eigenvalue weighted by molar-refractivity contribution is 9.10. The van der Waals surface area contributed by atoms with Gasteiger partial charge in [0.1, 0.15) is 10.3 Å². The molecule has 0 aliphatic rings. The molecular formula is C7H7BrN2O3. The van der Waals surface area contributed by atoms with E-state index in [1.807, 2.05) is 0 Å². The van der Waals surface area contributed by atoms with E-state index in [1.165, 1.54) is 14.2 Å². The van der Waals surface area contributed by atoms with Gasteiger partial charge in [0.05, 0.1) is 14.2 Å². The summed E-state index contributed by atoms with van der Waals surface area (Å²) in [6, 6.07) is 0. The number of aromatic nitrogens is 2. The number of ether oxygens (including phenoxy) is 2. The molecule has 1 aromatic heterocycles. The van der Waals surface area contributed by atoms with Gasteiger partial charge in [-0.3, -0.25) is 4.79 Å². The first-order valence-electron chi connectivity index (χ1n) is 3.33.